The lowest BCUT2D eigenvalue weighted by Crippen LogP contribution is -2.43. The van der Waals surface area contributed by atoms with Gasteiger partial charge in [0.1, 0.15) is 5.82 Å². The van der Waals surface area contributed by atoms with E-state index in [9.17, 15) is 12.8 Å². The summed E-state index contributed by atoms with van der Waals surface area (Å²) < 4.78 is 40.0. The smallest absolute Gasteiger partial charge is 0.243 e. The van der Waals surface area contributed by atoms with Gasteiger partial charge < -0.3 is 5.73 Å². The third-order valence-corrected chi connectivity index (χ3v) is 5.47. The molecular weight excluding hydrogens is 267 g/mol. The van der Waals surface area contributed by atoms with E-state index in [0.29, 0.717) is 6.54 Å². The molecule has 0 bridgehead atoms. The summed E-state index contributed by atoms with van der Waals surface area (Å²) in [4.78, 5) is -0.0506. The largest absolute Gasteiger partial charge is 0.399 e. The number of nitrogens with two attached hydrogens (primary N) is 1. The maximum Gasteiger partial charge on any atom is 0.243 e. The Hall–Kier alpha value is -1.14. The minimum absolute atomic E-state index is 0.00300. The van der Waals surface area contributed by atoms with Crippen LogP contribution in [0.2, 0.25) is 0 Å². The number of rotatable bonds is 3. The molecule has 1 heterocycles. The van der Waals surface area contributed by atoms with E-state index in [0.717, 1.165) is 37.8 Å². The van der Waals surface area contributed by atoms with Crippen LogP contribution < -0.4 is 5.73 Å². The minimum Gasteiger partial charge on any atom is -0.399 e. The molecule has 1 unspecified atom stereocenters. The van der Waals surface area contributed by atoms with Crippen LogP contribution >= 0.6 is 0 Å². The van der Waals surface area contributed by atoms with Crippen molar-refractivity contribution in [2.24, 2.45) is 0 Å². The second-order valence-corrected chi connectivity index (χ2v) is 6.78. The van der Waals surface area contributed by atoms with Gasteiger partial charge in [0, 0.05) is 18.3 Å². The molecule has 106 valence electrons. The average molecular weight is 286 g/mol. The Kier molecular flexibility index (Phi) is 4.10. The Morgan fingerprint density at radius 3 is 2.74 bits per heavy atom. The van der Waals surface area contributed by atoms with Crippen molar-refractivity contribution >= 4 is 15.7 Å². The van der Waals surface area contributed by atoms with Gasteiger partial charge in [0.25, 0.3) is 0 Å². The van der Waals surface area contributed by atoms with E-state index in [1.807, 2.05) is 6.92 Å². The Morgan fingerprint density at radius 2 is 2.11 bits per heavy atom. The second-order valence-electron chi connectivity index (χ2n) is 4.89. The fourth-order valence-corrected chi connectivity index (χ4v) is 4.40. The highest BCUT2D eigenvalue weighted by Crippen LogP contribution is 2.28. The number of nitrogen functional groups attached to an aromatic ring is 1. The molecule has 1 aromatic carbocycles. The first-order chi connectivity index (χ1) is 8.95. The number of hydrogen-bond acceptors (Lipinski definition) is 3. The van der Waals surface area contributed by atoms with Gasteiger partial charge >= 0.3 is 0 Å². The third kappa shape index (κ3) is 2.90. The van der Waals surface area contributed by atoms with Gasteiger partial charge in [-0.25, -0.2) is 12.8 Å². The van der Waals surface area contributed by atoms with E-state index in [1.54, 1.807) is 0 Å². The predicted molar refractivity (Wildman–Crippen MR) is 72.6 cm³/mol. The van der Waals surface area contributed by atoms with Gasteiger partial charge in [-0.05, 0) is 37.5 Å². The first-order valence-electron chi connectivity index (χ1n) is 6.53. The van der Waals surface area contributed by atoms with Crippen LogP contribution in [0.3, 0.4) is 0 Å². The molecule has 1 aromatic rings. The van der Waals surface area contributed by atoms with E-state index in [4.69, 9.17) is 5.73 Å². The molecule has 1 saturated heterocycles. The summed E-state index contributed by atoms with van der Waals surface area (Å²) in [7, 11) is -3.65. The van der Waals surface area contributed by atoms with Crippen LogP contribution in [0.25, 0.3) is 0 Å². The Morgan fingerprint density at radius 1 is 1.37 bits per heavy atom. The molecule has 6 heteroatoms. The summed E-state index contributed by atoms with van der Waals surface area (Å²) in [6.45, 7) is 2.47. The summed E-state index contributed by atoms with van der Waals surface area (Å²) in [6.07, 6.45) is 3.51. The molecule has 0 aliphatic carbocycles. The van der Waals surface area contributed by atoms with Gasteiger partial charge in [-0.2, -0.15) is 4.31 Å². The third-order valence-electron chi connectivity index (χ3n) is 3.54. The van der Waals surface area contributed by atoms with Gasteiger partial charge in [0.2, 0.25) is 10.0 Å². The van der Waals surface area contributed by atoms with Crippen molar-refractivity contribution in [1.29, 1.82) is 0 Å². The molecule has 1 atom stereocenters. The van der Waals surface area contributed by atoms with E-state index in [1.165, 1.54) is 10.4 Å². The maximum absolute atomic E-state index is 13.3. The molecule has 0 aromatic heterocycles. The van der Waals surface area contributed by atoms with Crippen LogP contribution in [0.15, 0.2) is 23.1 Å². The van der Waals surface area contributed by atoms with Crippen LogP contribution in [0.4, 0.5) is 10.1 Å². The molecule has 1 aliphatic rings. The second kappa shape index (κ2) is 5.46. The normalized spacial score (nSPS) is 21.5. The molecule has 19 heavy (non-hydrogen) atoms. The molecule has 2 N–H and O–H groups in total. The first-order valence-corrected chi connectivity index (χ1v) is 7.97. The molecule has 1 aliphatic heterocycles. The van der Waals surface area contributed by atoms with E-state index in [2.05, 4.69) is 0 Å². The number of sulfonamides is 1. The average Bonchev–Trinajstić information content (AvgIpc) is 2.37. The van der Waals surface area contributed by atoms with Crippen molar-refractivity contribution in [2.45, 2.75) is 43.5 Å². The molecule has 0 amide bonds. The highest BCUT2D eigenvalue weighted by Gasteiger charge is 2.32. The lowest BCUT2D eigenvalue weighted by atomic mass is 10.0. The van der Waals surface area contributed by atoms with Gasteiger partial charge in [0.05, 0.1) is 4.90 Å². The van der Waals surface area contributed by atoms with Gasteiger partial charge in [-0.3, -0.25) is 0 Å². The summed E-state index contributed by atoms with van der Waals surface area (Å²) in [6, 6.07) is 3.47. The fraction of sp³-hybridized carbons (Fsp3) is 0.538. The summed E-state index contributed by atoms with van der Waals surface area (Å²) in [5.41, 5.74) is 5.66. The monoisotopic (exact) mass is 286 g/mol. The molecular formula is C13H19FN2O2S. The zero-order valence-corrected chi connectivity index (χ0v) is 11.8. The lowest BCUT2D eigenvalue weighted by molar-refractivity contribution is 0.246. The number of anilines is 1. The quantitative estimate of drug-likeness (QED) is 0.868. The summed E-state index contributed by atoms with van der Waals surface area (Å²) in [5.74, 6) is -0.622. The Labute approximate surface area is 113 Å². The van der Waals surface area contributed by atoms with Crippen LogP contribution in [0.1, 0.15) is 32.6 Å². The molecule has 0 spiro atoms. The zero-order valence-electron chi connectivity index (χ0n) is 11.0. The predicted octanol–water partition coefficient (Wildman–Crippen LogP) is 2.36. The van der Waals surface area contributed by atoms with E-state index < -0.39 is 15.8 Å². The SMILES string of the molecule is CCC1CCCCN1S(=O)(=O)c1cc(N)cc(F)c1. The number of benzene rings is 1. The van der Waals surface area contributed by atoms with Crippen molar-refractivity contribution in [3.63, 3.8) is 0 Å². The maximum atomic E-state index is 13.3. The van der Waals surface area contributed by atoms with E-state index in [-0.39, 0.29) is 16.6 Å². The fourth-order valence-electron chi connectivity index (χ4n) is 2.57. The Bertz CT molecular complexity index is 540. The van der Waals surface area contributed by atoms with E-state index >= 15 is 0 Å². The molecule has 0 radical (unpaired) electrons. The van der Waals surface area contributed by atoms with Crippen molar-refractivity contribution in [1.82, 2.24) is 4.31 Å². The van der Waals surface area contributed by atoms with Crippen molar-refractivity contribution in [3.8, 4) is 0 Å². The standard InChI is InChI=1S/C13H19FN2O2S/c1-2-12-5-3-4-6-16(12)19(17,18)13-8-10(14)7-11(15)9-13/h7-9,12H,2-6,15H2,1H3. The molecule has 2 rings (SSSR count). The zero-order chi connectivity index (χ0) is 14.0. The van der Waals surface area contributed by atoms with Crippen LogP contribution in [-0.2, 0) is 10.0 Å². The Balaban J connectivity index is 2.40. The van der Waals surface area contributed by atoms with Gasteiger partial charge in [-0.15, -0.1) is 0 Å². The van der Waals surface area contributed by atoms with Crippen molar-refractivity contribution in [3.05, 3.63) is 24.0 Å². The van der Waals surface area contributed by atoms with Gasteiger partial charge in [0.15, 0.2) is 0 Å². The van der Waals surface area contributed by atoms with Crippen molar-refractivity contribution < 1.29 is 12.8 Å². The minimum atomic E-state index is -3.65. The van der Waals surface area contributed by atoms with Crippen molar-refractivity contribution in [2.75, 3.05) is 12.3 Å². The summed E-state index contributed by atoms with van der Waals surface area (Å²) in [5, 5.41) is 0. The van der Waals surface area contributed by atoms with Crippen LogP contribution in [-0.4, -0.2) is 25.3 Å². The van der Waals surface area contributed by atoms with Crippen LogP contribution in [0.5, 0.6) is 0 Å². The topological polar surface area (TPSA) is 63.4 Å². The number of nitrogens with zero attached hydrogens (tertiary/aromatic N) is 1. The van der Waals surface area contributed by atoms with Gasteiger partial charge in [-0.1, -0.05) is 13.3 Å². The molecule has 4 nitrogen and oxygen atoms in total. The molecule has 0 saturated carbocycles. The number of halogens is 1. The highest BCUT2D eigenvalue weighted by molar-refractivity contribution is 7.89. The first kappa shape index (κ1) is 14.3. The molecule has 1 fully saturated rings. The summed E-state index contributed by atoms with van der Waals surface area (Å²) >= 11 is 0. The highest BCUT2D eigenvalue weighted by atomic mass is 32.2. The van der Waals surface area contributed by atoms with Crippen LogP contribution in [0, 0.1) is 5.82 Å². The number of piperidine rings is 1. The number of hydrogen-bond donors (Lipinski definition) is 1. The lowest BCUT2D eigenvalue weighted by Gasteiger charge is -2.34.